The average Bonchev–Trinajstić information content (AvgIpc) is 3.24. The fourth-order valence-corrected chi connectivity index (χ4v) is 3.97. The van der Waals surface area contributed by atoms with Crippen LogP contribution in [0.15, 0.2) is 71.2 Å². The number of amides is 1. The van der Waals surface area contributed by atoms with Crippen LogP contribution in [0.25, 0.3) is 0 Å². The molecule has 3 aromatic rings. The Morgan fingerprint density at radius 1 is 0.968 bits per heavy atom. The lowest BCUT2D eigenvalue weighted by Gasteiger charge is -2.18. The summed E-state index contributed by atoms with van der Waals surface area (Å²) in [7, 11) is 0. The highest BCUT2D eigenvalue weighted by atomic mass is 32.1. The third kappa shape index (κ3) is 6.65. The number of aromatic nitrogens is 1. The summed E-state index contributed by atoms with van der Waals surface area (Å²) in [5.41, 5.74) is 4.92. The van der Waals surface area contributed by atoms with Gasteiger partial charge in [-0.3, -0.25) is 9.79 Å². The first kappa shape index (κ1) is 22.5. The molecule has 3 N–H and O–H groups in total. The van der Waals surface area contributed by atoms with Gasteiger partial charge in [0, 0.05) is 25.6 Å². The standard InChI is InChI=1S/C24H29N5OS/c1-3-25-24(27-15-14-26-23(30)22-18(2)29-17-31-22)28-16-21(19-10-6-4-7-11-19)20-12-8-5-9-13-20/h4-13,17,21H,3,14-16H2,1-2H3,(H,26,30)(H2,25,27,28). The van der Waals surface area contributed by atoms with E-state index in [4.69, 9.17) is 4.99 Å². The highest BCUT2D eigenvalue weighted by Crippen LogP contribution is 2.24. The second kappa shape index (κ2) is 11.9. The van der Waals surface area contributed by atoms with Crippen LogP contribution >= 0.6 is 11.3 Å². The number of hydrogen-bond acceptors (Lipinski definition) is 4. The summed E-state index contributed by atoms with van der Waals surface area (Å²) in [6.07, 6.45) is 0. The molecule has 7 heteroatoms. The summed E-state index contributed by atoms with van der Waals surface area (Å²) in [4.78, 5) is 21.8. The zero-order valence-electron chi connectivity index (χ0n) is 18.0. The van der Waals surface area contributed by atoms with Gasteiger partial charge in [-0.25, -0.2) is 4.98 Å². The number of rotatable bonds is 9. The Kier molecular flexibility index (Phi) is 8.60. The largest absolute Gasteiger partial charge is 0.357 e. The zero-order valence-corrected chi connectivity index (χ0v) is 18.8. The third-order valence-electron chi connectivity index (χ3n) is 4.83. The van der Waals surface area contributed by atoms with Crippen LogP contribution in [0.2, 0.25) is 0 Å². The molecule has 3 rings (SSSR count). The summed E-state index contributed by atoms with van der Waals surface area (Å²) < 4.78 is 0. The van der Waals surface area contributed by atoms with E-state index in [9.17, 15) is 4.79 Å². The van der Waals surface area contributed by atoms with Crippen molar-refractivity contribution in [2.24, 2.45) is 4.99 Å². The van der Waals surface area contributed by atoms with E-state index in [1.807, 2.05) is 26.0 Å². The number of aryl methyl sites for hydroxylation is 1. The molecule has 162 valence electrons. The molecule has 0 saturated heterocycles. The van der Waals surface area contributed by atoms with Gasteiger partial charge in [-0.2, -0.15) is 0 Å². The first-order chi connectivity index (χ1) is 15.2. The van der Waals surface area contributed by atoms with Crippen molar-refractivity contribution in [1.29, 1.82) is 0 Å². The first-order valence-electron chi connectivity index (χ1n) is 10.5. The topological polar surface area (TPSA) is 78.4 Å². The van der Waals surface area contributed by atoms with Crippen LogP contribution in [0, 0.1) is 6.92 Å². The highest BCUT2D eigenvalue weighted by molar-refractivity contribution is 7.11. The van der Waals surface area contributed by atoms with Gasteiger partial charge in [0.15, 0.2) is 5.96 Å². The van der Waals surface area contributed by atoms with Crippen molar-refractivity contribution in [3.63, 3.8) is 0 Å². The minimum absolute atomic E-state index is 0.0861. The molecule has 0 aliphatic rings. The lowest BCUT2D eigenvalue weighted by Crippen LogP contribution is -2.41. The molecule has 6 nitrogen and oxygen atoms in total. The number of nitrogens with one attached hydrogen (secondary N) is 3. The van der Waals surface area contributed by atoms with Crippen LogP contribution in [-0.2, 0) is 0 Å². The van der Waals surface area contributed by atoms with Crippen LogP contribution in [0.3, 0.4) is 0 Å². The van der Waals surface area contributed by atoms with Gasteiger partial charge in [-0.05, 0) is 25.0 Å². The van der Waals surface area contributed by atoms with Gasteiger partial charge in [0.2, 0.25) is 0 Å². The van der Waals surface area contributed by atoms with E-state index in [1.54, 1.807) is 5.51 Å². The number of nitrogens with zero attached hydrogens (tertiary/aromatic N) is 2. The van der Waals surface area contributed by atoms with E-state index >= 15 is 0 Å². The van der Waals surface area contributed by atoms with Gasteiger partial charge in [0.1, 0.15) is 4.88 Å². The van der Waals surface area contributed by atoms with Crippen LogP contribution in [0.4, 0.5) is 0 Å². The summed E-state index contributed by atoms with van der Waals surface area (Å²) >= 11 is 1.36. The fraction of sp³-hybridized carbons (Fsp3) is 0.292. The Bertz CT molecular complexity index is 932. The van der Waals surface area contributed by atoms with Crippen molar-refractivity contribution in [2.75, 3.05) is 26.2 Å². The van der Waals surface area contributed by atoms with Crippen LogP contribution in [0.5, 0.6) is 0 Å². The number of aliphatic imine (C=N–C) groups is 1. The van der Waals surface area contributed by atoms with Crippen molar-refractivity contribution in [3.05, 3.63) is 87.9 Å². The van der Waals surface area contributed by atoms with Crippen molar-refractivity contribution in [2.45, 2.75) is 19.8 Å². The molecule has 0 unspecified atom stereocenters. The maximum Gasteiger partial charge on any atom is 0.263 e. The Hall–Kier alpha value is -3.19. The molecule has 0 aliphatic carbocycles. The monoisotopic (exact) mass is 435 g/mol. The first-order valence-corrected chi connectivity index (χ1v) is 11.4. The van der Waals surface area contributed by atoms with E-state index in [1.165, 1.54) is 22.5 Å². The normalized spacial score (nSPS) is 11.4. The van der Waals surface area contributed by atoms with Gasteiger partial charge in [-0.1, -0.05) is 60.7 Å². The zero-order chi connectivity index (χ0) is 21.9. The van der Waals surface area contributed by atoms with Gasteiger partial charge in [-0.15, -0.1) is 11.3 Å². The molecule has 0 radical (unpaired) electrons. The predicted octanol–water partition coefficient (Wildman–Crippen LogP) is 3.57. The molecule has 1 heterocycles. The van der Waals surface area contributed by atoms with E-state index in [0.29, 0.717) is 24.5 Å². The maximum absolute atomic E-state index is 12.2. The Morgan fingerprint density at radius 2 is 1.58 bits per heavy atom. The molecule has 0 bridgehead atoms. The Balaban J connectivity index is 1.60. The summed E-state index contributed by atoms with van der Waals surface area (Å²) in [6.45, 7) is 6.35. The van der Waals surface area contributed by atoms with Crippen LogP contribution < -0.4 is 16.0 Å². The third-order valence-corrected chi connectivity index (χ3v) is 5.76. The smallest absolute Gasteiger partial charge is 0.263 e. The number of carbonyl (C=O) groups is 1. The molecule has 31 heavy (non-hydrogen) atoms. The van der Waals surface area contributed by atoms with Crippen LogP contribution in [-0.4, -0.2) is 43.0 Å². The predicted molar refractivity (Wildman–Crippen MR) is 128 cm³/mol. The van der Waals surface area contributed by atoms with Crippen molar-refractivity contribution in [3.8, 4) is 0 Å². The van der Waals surface area contributed by atoms with Crippen LogP contribution in [0.1, 0.15) is 39.3 Å². The number of carbonyl (C=O) groups excluding carboxylic acids is 1. The molecular weight excluding hydrogens is 406 g/mol. The average molecular weight is 436 g/mol. The van der Waals surface area contributed by atoms with Crippen molar-refractivity contribution >= 4 is 23.2 Å². The van der Waals surface area contributed by atoms with Gasteiger partial charge < -0.3 is 16.0 Å². The summed E-state index contributed by atoms with van der Waals surface area (Å²) in [5, 5.41) is 9.52. The minimum atomic E-state index is -0.0861. The van der Waals surface area contributed by atoms with Crippen molar-refractivity contribution < 1.29 is 4.79 Å². The van der Waals surface area contributed by atoms with Crippen molar-refractivity contribution in [1.82, 2.24) is 20.9 Å². The van der Waals surface area contributed by atoms with E-state index < -0.39 is 0 Å². The Morgan fingerprint density at radius 3 is 2.13 bits per heavy atom. The van der Waals surface area contributed by atoms with Gasteiger partial charge >= 0.3 is 0 Å². The quantitative estimate of drug-likeness (QED) is 0.273. The molecule has 0 spiro atoms. The number of thiazole rings is 1. The Labute approximate surface area is 187 Å². The number of hydrogen-bond donors (Lipinski definition) is 3. The second-order valence-electron chi connectivity index (χ2n) is 7.04. The molecule has 1 aromatic heterocycles. The van der Waals surface area contributed by atoms with E-state index in [0.717, 1.165) is 18.2 Å². The molecule has 0 saturated carbocycles. The lowest BCUT2D eigenvalue weighted by molar-refractivity contribution is 0.0957. The highest BCUT2D eigenvalue weighted by Gasteiger charge is 2.14. The molecule has 0 fully saturated rings. The van der Waals surface area contributed by atoms with Gasteiger partial charge in [0.25, 0.3) is 5.91 Å². The molecular formula is C24H29N5OS. The number of guanidine groups is 1. The number of benzene rings is 2. The summed E-state index contributed by atoms with van der Waals surface area (Å²) in [6, 6.07) is 20.9. The van der Waals surface area contributed by atoms with E-state index in [-0.39, 0.29) is 11.8 Å². The SMILES string of the molecule is CCNC(=NCC(c1ccccc1)c1ccccc1)NCCNC(=O)c1scnc1C. The fourth-order valence-electron chi connectivity index (χ4n) is 3.26. The molecule has 0 atom stereocenters. The van der Waals surface area contributed by atoms with E-state index in [2.05, 4.69) is 69.5 Å². The lowest BCUT2D eigenvalue weighted by atomic mass is 9.91. The maximum atomic E-state index is 12.2. The second-order valence-corrected chi connectivity index (χ2v) is 7.90. The molecule has 0 aliphatic heterocycles. The summed E-state index contributed by atoms with van der Waals surface area (Å²) in [5.74, 6) is 0.825. The minimum Gasteiger partial charge on any atom is -0.357 e. The molecule has 1 amide bonds. The van der Waals surface area contributed by atoms with Gasteiger partial charge in [0.05, 0.1) is 17.7 Å². The molecule has 2 aromatic carbocycles.